The van der Waals surface area contributed by atoms with Crippen LogP contribution in [0.5, 0.6) is 11.5 Å². The van der Waals surface area contributed by atoms with Crippen LogP contribution in [0.4, 0.5) is 11.4 Å². The molecule has 106 valence electrons. The van der Waals surface area contributed by atoms with Crippen molar-refractivity contribution in [2.45, 2.75) is 26.1 Å². The summed E-state index contributed by atoms with van der Waals surface area (Å²) in [6.07, 6.45) is 1.28. The van der Waals surface area contributed by atoms with Gasteiger partial charge in [-0.3, -0.25) is 0 Å². The molecule has 4 nitrogen and oxygen atoms in total. The molecule has 0 bridgehead atoms. The maximum atomic E-state index is 5.88. The molecule has 0 saturated heterocycles. The van der Waals surface area contributed by atoms with E-state index >= 15 is 0 Å². The second kappa shape index (κ2) is 6.70. The van der Waals surface area contributed by atoms with Crippen molar-refractivity contribution in [3.63, 3.8) is 0 Å². The summed E-state index contributed by atoms with van der Waals surface area (Å²) in [4.78, 5) is 0. The van der Waals surface area contributed by atoms with Crippen molar-refractivity contribution in [3.05, 3.63) is 48.5 Å². The van der Waals surface area contributed by atoms with Crippen LogP contribution in [0.3, 0.4) is 0 Å². The lowest BCUT2D eigenvalue weighted by atomic mass is 10.3. The van der Waals surface area contributed by atoms with Crippen LogP contribution in [0.2, 0.25) is 0 Å². The SMILES string of the molecule is CCCC(Oc1ccccc1N)Oc1ccccc1N. The lowest BCUT2D eigenvalue weighted by Gasteiger charge is -2.21. The molecule has 0 heterocycles. The molecule has 4 N–H and O–H groups in total. The first-order valence-electron chi connectivity index (χ1n) is 6.73. The van der Waals surface area contributed by atoms with Gasteiger partial charge in [0, 0.05) is 6.42 Å². The maximum absolute atomic E-state index is 5.88. The molecular weight excluding hydrogens is 252 g/mol. The number of hydrogen-bond acceptors (Lipinski definition) is 4. The lowest BCUT2D eigenvalue weighted by Crippen LogP contribution is -2.24. The Morgan fingerprint density at radius 1 is 0.850 bits per heavy atom. The fraction of sp³-hybridized carbons (Fsp3) is 0.250. The fourth-order valence-corrected chi connectivity index (χ4v) is 1.84. The predicted octanol–water partition coefficient (Wildman–Crippen LogP) is 3.44. The molecule has 0 spiro atoms. The largest absolute Gasteiger partial charge is 0.453 e. The third kappa shape index (κ3) is 3.57. The molecule has 0 saturated carbocycles. The zero-order chi connectivity index (χ0) is 14.4. The van der Waals surface area contributed by atoms with E-state index in [0.717, 1.165) is 12.8 Å². The van der Waals surface area contributed by atoms with E-state index in [1.807, 2.05) is 36.4 Å². The van der Waals surface area contributed by atoms with Crippen molar-refractivity contribution in [1.82, 2.24) is 0 Å². The molecule has 2 aromatic carbocycles. The Kier molecular flexibility index (Phi) is 4.71. The fourth-order valence-electron chi connectivity index (χ4n) is 1.84. The van der Waals surface area contributed by atoms with E-state index in [1.54, 1.807) is 12.1 Å². The molecule has 0 unspecified atom stereocenters. The third-order valence-electron chi connectivity index (χ3n) is 2.88. The molecule has 2 aromatic rings. The van der Waals surface area contributed by atoms with Gasteiger partial charge in [-0.1, -0.05) is 31.2 Å². The van der Waals surface area contributed by atoms with E-state index in [4.69, 9.17) is 20.9 Å². The molecular formula is C16H20N2O2. The van der Waals surface area contributed by atoms with Gasteiger partial charge < -0.3 is 20.9 Å². The summed E-state index contributed by atoms with van der Waals surface area (Å²) in [5, 5.41) is 0. The van der Waals surface area contributed by atoms with E-state index in [2.05, 4.69) is 6.92 Å². The Morgan fingerprint density at radius 2 is 1.30 bits per heavy atom. The lowest BCUT2D eigenvalue weighted by molar-refractivity contribution is 0.0000908. The maximum Gasteiger partial charge on any atom is 0.241 e. The summed E-state index contributed by atoms with van der Waals surface area (Å²) < 4.78 is 11.7. The van der Waals surface area contributed by atoms with Gasteiger partial charge in [0.2, 0.25) is 6.29 Å². The van der Waals surface area contributed by atoms with Crippen LogP contribution in [0, 0.1) is 0 Å². The van der Waals surface area contributed by atoms with Gasteiger partial charge in [-0.05, 0) is 30.7 Å². The van der Waals surface area contributed by atoms with Crippen LogP contribution in [0.1, 0.15) is 19.8 Å². The van der Waals surface area contributed by atoms with Gasteiger partial charge in [-0.15, -0.1) is 0 Å². The third-order valence-corrected chi connectivity index (χ3v) is 2.88. The van der Waals surface area contributed by atoms with Crippen molar-refractivity contribution in [2.24, 2.45) is 0 Å². The van der Waals surface area contributed by atoms with Crippen LogP contribution >= 0.6 is 0 Å². The number of para-hydroxylation sites is 4. The summed E-state index contributed by atoms with van der Waals surface area (Å²) in [6, 6.07) is 14.8. The predicted molar refractivity (Wildman–Crippen MR) is 81.7 cm³/mol. The Hall–Kier alpha value is -2.36. The molecule has 20 heavy (non-hydrogen) atoms. The van der Waals surface area contributed by atoms with Crippen LogP contribution in [-0.4, -0.2) is 6.29 Å². The number of rotatable bonds is 6. The number of ether oxygens (including phenoxy) is 2. The minimum atomic E-state index is -0.408. The topological polar surface area (TPSA) is 70.5 Å². The van der Waals surface area contributed by atoms with Crippen molar-refractivity contribution >= 4 is 11.4 Å². The standard InChI is InChI=1S/C16H20N2O2/c1-2-7-16(19-14-10-5-3-8-12(14)17)20-15-11-6-4-9-13(15)18/h3-6,8-11,16H,2,7,17-18H2,1H3. The highest BCUT2D eigenvalue weighted by molar-refractivity contribution is 5.53. The van der Waals surface area contributed by atoms with Gasteiger partial charge in [0.25, 0.3) is 0 Å². The Morgan fingerprint density at radius 3 is 1.70 bits per heavy atom. The summed E-state index contributed by atoms with van der Waals surface area (Å²) >= 11 is 0. The highest BCUT2D eigenvalue weighted by Gasteiger charge is 2.14. The quantitative estimate of drug-likeness (QED) is 0.624. The van der Waals surface area contributed by atoms with Gasteiger partial charge in [-0.2, -0.15) is 0 Å². The van der Waals surface area contributed by atoms with Crippen LogP contribution in [0.25, 0.3) is 0 Å². The molecule has 4 heteroatoms. The van der Waals surface area contributed by atoms with Crippen molar-refractivity contribution in [3.8, 4) is 11.5 Å². The Balaban J connectivity index is 2.12. The molecule has 0 aromatic heterocycles. The first kappa shape index (κ1) is 14.1. The molecule has 0 radical (unpaired) electrons. The normalized spacial score (nSPS) is 10.5. The molecule has 0 aliphatic rings. The Bertz CT molecular complexity index is 510. The van der Waals surface area contributed by atoms with E-state index in [0.29, 0.717) is 22.9 Å². The van der Waals surface area contributed by atoms with Crippen LogP contribution < -0.4 is 20.9 Å². The summed E-state index contributed by atoms with van der Waals surface area (Å²) in [6.45, 7) is 2.07. The monoisotopic (exact) mass is 272 g/mol. The van der Waals surface area contributed by atoms with E-state index in [-0.39, 0.29) is 0 Å². The van der Waals surface area contributed by atoms with Gasteiger partial charge in [0.1, 0.15) is 11.5 Å². The Labute approximate surface area is 119 Å². The van der Waals surface area contributed by atoms with Crippen LogP contribution in [-0.2, 0) is 0 Å². The summed E-state index contributed by atoms with van der Waals surface area (Å²) in [5.41, 5.74) is 13.0. The molecule has 0 fully saturated rings. The van der Waals surface area contributed by atoms with Gasteiger partial charge >= 0.3 is 0 Å². The first-order valence-corrected chi connectivity index (χ1v) is 6.73. The highest BCUT2D eigenvalue weighted by atomic mass is 16.7. The number of hydrogen-bond donors (Lipinski definition) is 2. The molecule has 2 rings (SSSR count). The summed E-state index contributed by atoms with van der Waals surface area (Å²) in [7, 11) is 0. The average Bonchev–Trinajstić information content (AvgIpc) is 2.44. The van der Waals surface area contributed by atoms with E-state index in [9.17, 15) is 0 Å². The summed E-state index contributed by atoms with van der Waals surface area (Å²) in [5.74, 6) is 1.25. The highest BCUT2D eigenvalue weighted by Crippen LogP contribution is 2.26. The van der Waals surface area contributed by atoms with Gasteiger partial charge in [0.05, 0.1) is 11.4 Å². The number of benzene rings is 2. The van der Waals surface area contributed by atoms with Crippen molar-refractivity contribution < 1.29 is 9.47 Å². The van der Waals surface area contributed by atoms with Crippen molar-refractivity contribution in [2.75, 3.05) is 11.5 Å². The molecule has 0 aliphatic carbocycles. The molecule has 0 aliphatic heterocycles. The minimum Gasteiger partial charge on any atom is -0.453 e. The number of nitrogen functional groups attached to an aromatic ring is 2. The van der Waals surface area contributed by atoms with E-state index in [1.165, 1.54) is 0 Å². The molecule has 0 atom stereocenters. The molecule has 0 amide bonds. The number of nitrogens with two attached hydrogens (primary N) is 2. The zero-order valence-corrected chi connectivity index (χ0v) is 11.6. The van der Waals surface area contributed by atoms with E-state index < -0.39 is 6.29 Å². The van der Waals surface area contributed by atoms with Gasteiger partial charge in [0.15, 0.2) is 0 Å². The second-order valence-corrected chi connectivity index (χ2v) is 4.53. The van der Waals surface area contributed by atoms with Gasteiger partial charge in [-0.25, -0.2) is 0 Å². The van der Waals surface area contributed by atoms with Crippen molar-refractivity contribution in [1.29, 1.82) is 0 Å². The smallest absolute Gasteiger partial charge is 0.241 e. The number of anilines is 2. The second-order valence-electron chi connectivity index (χ2n) is 4.53. The average molecular weight is 272 g/mol. The zero-order valence-electron chi connectivity index (χ0n) is 11.6. The first-order chi connectivity index (χ1) is 9.70. The van der Waals surface area contributed by atoms with Crippen LogP contribution in [0.15, 0.2) is 48.5 Å². The minimum absolute atomic E-state index is 0.408.